The molecule has 1 atom stereocenters. The molecule has 3 rings (SSSR count). The number of hydrogen-bond donors (Lipinski definition) is 2. The van der Waals surface area contributed by atoms with Gasteiger partial charge in [0, 0.05) is 31.6 Å². The second-order valence-electron chi connectivity index (χ2n) is 5.41. The van der Waals surface area contributed by atoms with E-state index in [1.807, 2.05) is 6.07 Å². The van der Waals surface area contributed by atoms with Crippen LogP contribution in [-0.2, 0) is 4.79 Å². The molecule has 22 heavy (non-hydrogen) atoms. The molecule has 1 amide bonds. The summed E-state index contributed by atoms with van der Waals surface area (Å²) in [4.78, 5) is 14.0. The first-order valence-corrected chi connectivity index (χ1v) is 7.94. The maximum Gasteiger partial charge on any atom is 0.231 e. The number of aliphatic hydroxyl groups excluding tert-OH is 1. The standard InChI is InChI=1S/C15H19ClN2O4/c16-7-10(19)8-17-11-5-13-14(22-9-21-13)6-12(11)18-4-2-1-3-15(18)20/h5-6,10,17,19H,1-4,7-9H2. The van der Waals surface area contributed by atoms with Gasteiger partial charge in [-0.2, -0.15) is 0 Å². The third-order valence-corrected chi connectivity index (χ3v) is 4.17. The zero-order valence-corrected chi connectivity index (χ0v) is 12.9. The van der Waals surface area contributed by atoms with E-state index in [0.717, 1.165) is 24.2 Å². The zero-order valence-electron chi connectivity index (χ0n) is 12.2. The number of fused-ring (bicyclic) bond motifs is 1. The number of nitrogens with zero attached hydrogens (tertiary/aromatic N) is 1. The highest BCUT2D eigenvalue weighted by Gasteiger charge is 2.26. The third kappa shape index (κ3) is 3.08. The minimum absolute atomic E-state index is 0.103. The Balaban J connectivity index is 1.90. The van der Waals surface area contributed by atoms with Crippen LogP contribution in [0.5, 0.6) is 11.5 Å². The Kier molecular flexibility index (Phi) is 4.59. The lowest BCUT2D eigenvalue weighted by Crippen LogP contribution is -2.36. The summed E-state index contributed by atoms with van der Waals surface area (Å²) in [6, 6.07) is 3.63. The first kappa shape index (κ1) is 15.2. The average molecular weight is 327 g/mol. The number of halogens is 1. The molecule has 0 bridgehead atoms. The Morgan fingerprint density at radius 3 is 2.82 bits per heavy atom. The molecule has 2 aliphatic heterocycles. The molecule has 0 spiro atoms. The maximum atomic E-state index is 12.2. The van der Waals surface area contributed by atoms with Gasteiger partial charge in [0.2, 0.25) is 12.7 Å². The number of carbonyl (C=O) groups excluding carboxylic acids is 1. The molecule has 0 aromatic heterocycles. The Bertz CT molecular complexity index is 567. The number of nitrogens with one attached hydrogen (secondary N) is 1. The first-order chi connectivity index (χ1) is 10.7. The van der Waals surface area contributed by atoms with Crippen LogP contribution >= 0.6 is 11.6 Å². The normalized spacial score (nSPS) is 18.5. The summed E-state index contributed by atoms with van der Waals surface area (Å²) in [6.45, 7) is 1.17. The molecule has 2 heterocycles. The van der Waals surface area contributed by atoms with Crippen molar-refractivity contribution >= 4 is 28.9 Å². The number of anilines is 2. The van der Waals surface area contributed by atoms with Crippen LogP contribution in [0.2, 0.25) is 0 Å². The highest BCUT2D eigenvalue weighted by Crippen LogP contribution is 2.42. The highest BCUT2D eigenvalue weighted by molar-refractivity contribution is 6.18. The van der Waals surface area contributed by atoms with E-state index in [0.29, 0.717) is 31.0 Å². The fourth-order valence-corrected chi connectivity index (χ4v) is 2.75. The maximum absolute atomic E-state index is 12.2. The van der Waals surface area contributed by atoms with Crippen molar-refractivity contribution in [1.29, 1.82) is 0 Å². The Hall–Kier alpha value is -1.66. The van der Waals surface area contributed by atoms with Gasteiger partial charge in [-0.15, -0.1) is 11.6 Å². The fourth-order valence-electron chi connectivity index (χ4n) is 2.64. The number of ether oxygens (including phenoxy) is 2. The Morgan fingerprint density at radius 2 is 2.09 bits per heavy atom. The molecule has 0 saturated carbocycles. The van der Waals surface area contributed by atoms with E-state index in [9.17, 15) is 9.90 Å². The summed E-state index contributed by atoms with van der Waals surface area (Å²) in [5, 5.41) is 12.8. The average Bonchev–Trinajstić information content (AvgIpc) is 2.99. The van der Waals surface area contributed by atoms with Crippen LogP contribution in [0.4, 0.5) is 11.4 Å². The van der Waals surface area contributed by atoms with Crippen LogP contribution in [0, 0.1) is 0 Å². The molecule has 1 aromatic carbocycles. The molecule has 0 aliphatic carbocycles. The number of benzene rings is 1. The van der Waals surface area contributed by atoms with Gasteiger partial charge in [0.05, 0.1) is 23.4 Å². The van der Waals surface area contributed by atoms with Gasteiger partial charge in [-0.05, 0) is 12.8 Å². The number of amides is 1. The molecule has 1 unspecified atom stereocenters. The number of aliphatic hydroxyl groups is 1. The van der Waals surface area contributed by atoms with E-state index in [-0.39, 0.29) is 18.6 Å². The van der Waals surface area contributed by atoms with Crippen molar-refractivity contribution in [3.8, 4) is 11.5 Å². The van der Waals surface area contributed by atoms with Gasteiger partial charge in [-0.3, -0.25) is 4.79 Å². The molecule has 1 saturated heterocycles. The molecule has 1 aromatic rings. The monoisotopic (exact) mass is 326 g/mol. The molecule has 0 radical (unpaired) electrons. The van der Waals surface area contributed by atoms with E-state index in [4.69, 9.17) is 21.1 Å². The van der Waals surface area contributed by atoms with Crippen molar-refractivity contribution in [3.63, 3.8) is 0 Å². The summed E-state index contributed by atoms with van der Waals surface area (Å²) in [6.07, 6.45) is 1.80. The van der Waals surface area contributed by atoms with Crippen LogP contribution in [-0.4, -0.2) is 42.9 Å². The van der Waals surface area contributed by atoms with Crippen molar-refractivity contribution in [2.75, 3.05) is 36.0 Å². The smallest absolute Gasteiger partial charge is 0.231 e. The lowest BCUT2D eigenvalue weighted by atomic mass is 10.1. The second-order valence-corrected chi connectivity index (χ2v) is 5.72. The number of piperidine rings is 1. The topological polar surface area (TPSA) is 71.0 Å². The summed E-state index contributed by atoms with van der Waals surface area (Å²) in [7, 11) is 0. The highest BCUT2D eigenvalue weighted by atomic mass is 35.5. The number of rotatable bonds is 5. The second kappa shape index (κ2) is 6.62. The fraction of sp³-hybridized carbons (Fsp3) is 0.533. The van der Waals surface area contributed by atoms with Crippen molar-refractivity contribution in [2.24, 2.45) is 0 Å². The SMILES string of the molecule is O=C1CCCCN1c1cc2c(cc1NCC(O)CCl)OCO2. The van der Waals surface area contributed by atoms with Crippen molar-refractivity contribution in [3.05, 3.63) is 12.1 Å². The van der Waals surface area contributed by atoms with Crippen molar-refractivity contribution < 1.29 is 19.4 Å². The summed E-state index contributed by atoms with van der Waals surface area (Å²) in [5.41, 5.74) is 1.50. The van der Waals surface area contributed by atoms with Crippen LogP contribution < -0.4 is 19.7 Å². The predicted octanol–water partition coefficient (Wildman–Crippen LogP) is 1.94. The van der Waals surface area contributed by atoms with Gasteiger partial charge in [0.25, 0.3) is 0 Å². The lowest BCUT2D eigenvalue weighted by molar-refractivity contribution is -0.119. The lowest BCUT2D eigenvalue weighted by Gasteiger charge is -2.29. The molecule has 2 aliphatic rings. The van der Waals surface area contributed by atoms with Gasteiger partial charge in [0.1, 0.15) is 0 Å². The van der Waals surface area contributed by atoms with Crippen molar-refractivity contribution in [2.45, 2.75) is 25.4 Å². The van der Waals surface area contributed by atoms with E-state index >= 15 is 0 Å². The van der Waals surface area contributed by atoms with Gasteiger partial charge in [-0.25, -0.2) is 0 Å². The molecule has 6 nitrogen and oxygen atoms in total. The number of carbonyl (C=O) groups is 1. The first-order valence-electron chi connectivity index (χ1n) is 7.41. The Labute approximate surface area is 134 Å². The third-order valence-electron chi connectivity index (χ3n) is 3.81. The van der Waals surface area contributed by atoms with Gasteiger partial charge in [0.15, 0.2) is 11.5 Å². The molecule has 120 valence electrons. The minimum atomic E-state index is -0.656. The van der Waals surface area contributed by atoms with Gasteiger partial charge in [-0.1, -0.05) is 0 Å². The van der Waals surface area contributed by atoms with E-state index in [1.54, 1.807) is 11.0 Å². The van der Waals surface area contributed by atoms with Gasteiger partial charge < -0.3 is 24.8 Å². The van der Waals surface area contributed by atoms with Crippen LogP contribution in [0.3, 0.4) is 0 Å². The summed E-state index contributed by atoms with van der Waals surface area (Å²) < 4.78 is 10.8. The number of hydrogen-bond acceptors (Lipinski definition) is 5. The zero-order chi connectivity index (χ0) is 15.5. The van der Waals surface area contributed by atoms with Gasteiger partial charge >= 0.3 is 0 Å². The number of alkyl halides is 1. The predicted molar refractivity (Wildman–Crippen MR) is 84.0 cm³/mol. The van der Waals surface area contributed by atoms with E-state index in [1.165, 1.54) is 0 Å². The minimum Gasteiger partial charge on any atom is -0.454 e. The quantitative estimate of drug-likeness (QED) is 0.809. The largest absolute Gasteiger partial charge is 0.454 e. The van der Waals surface area contributed by atoms with Crippen LogP contribution in [0.15, 0.2) is 12.1 Å². The molecule has 1 fully saturated rings. The van der Waals surface area contributed by atoms with Crippen LogP contribution in [0.1, 0.15) is 19.3 Å². The Morgan fingerprint density at radius 1 is 1.32 bits per heavy atom. The van der Waals surface area contributed by atoms with E-state index < -0.39 is 6.10 Å². The summed E-state index contributed by atoms with van der Waals surface area (Å²) >= 11 is 5.62. The summed E-state index contributed by atoms with van der Waals surface area (Å²) in [5.74, 6) is 1.52. The van der Waals surface area contributed by atoms with Crippen molar-refractivity contribution in [1.82, 2.24) is 0 Å². The molecular weight excluding hydrogens is 308 g/mol. The van der Waals surface area contributed by atoms with E-state index in [2.05, 4.69) is 5.32 Å². The molecular formula is C15H19ClN2O4. The van der Waals surface area contributed by atoms with Crippen LogP contribution in [0.25, 0.3) is 0 Å². The molecule has 7 heteroatoms. The molecule has 2 N–H and O–H groups in total.